The van der Waals surface area contributed by atoms with Crippen LogP contribution in [0.5, 0.6) is 0 Å². The largest absolute Gasteiger partial charge is 0.339 e. The average Bonchev–Trinajstić information content (AvgIpc) is 3.36. The molecule has 0 saturated heterocycles. The van der Waals surface area contributed by atoms with Crippen molar-refractivity contribution in [1.29, 1.82) is 0 Å². The van der Waals surface area contributed by atoms with Gasteiger partial charge in [-0.3, -0.25) is 4.79 Å². The van der Waals surface area contributed by atoms with Gasteiger partial charge in [0.2, 0.25) is 0 Å². The Balaban J connectivity index is 1.41. The fourth-order valence-electron chi connectivity index (χ4n) is 3.54. The zero-order valence-electron chi connectivity index (χ0n) is 14.7. The maximum absolute atomic E-state index is 12.4. The number of hydrogen-bond donors (Lipinski definition) is 1. The van der Waals surface area contributed by atoms with Gasteiger partial charge in [-0.25, -0.2) is 22.8 Å². The van der Waals surface area contributed by atoms with E-state index in [1.165, 1.54) is 12.5 Å². The molecule has 0 spiro atoms. The van der Waals surface area contributed by atoms with Gasteiger partial charge < -0.3 is 4.57 Å². The summed E-state index contributed by atoms with van der Waals surface area (Å²) in [5.74, 6) is 0.503. The highest BCUT2D eigenvalue weighted by atomic mass is 32.2. The van der Waals surface area contributed by atoms with E-state index in [-0.39, 0.29) is 22.7 Å². The number of hydrogen-bond acceptors (Lipinski definition) is 5. The zero-order chi connectivity index (χ0) is 18.3. The predicted molar refractivity (Wildman–Crippen MR) is 95.3 cm³/mol. The second-order valence-electron chi connectivity index (χ2n) is 7.32. The quantitative estimate of drug-likeness (QED) is 0.847. The van der Waals surface area contributed by atoms with Crippen LogP contribution in [0.15, 0.2) is 34.5 Å². The maximum atomic E-state index is 12.4. The standard InChI is InChI=1S/C17H23N5O3S/c1-21-10-16(18-11-21)26(24,25)20-13-4-6-14(7-5-13)22-17(23)9-8-15(19-22)12-2-3-12/h8-14,20H,2-7H2,1H3. The summed E-state index contributed by atoms with van der Waals surface area (Å²) in [5.41, 5.74) is 0.925. The molecule has 0 radical (unpaired) electrons. The first kappa shape index (κ1) is 17.4. The van der Waals surface area contributed by atoms with E-state index in [0.29, 0.717) is 18.8 Å². The first-order valence-electron chi connectivity index (χ1n) is 9.02. The van der Waals surface area contributed by atoms with Crippen molar-refractivity contribution < 1.29 is 8.42 Å². The Morgan fingerprint density at radius 3 is 2.46 bits per heavy atom. The van der Waals surface area contributed by atoms with Gasteiger partial charge in [0.15, 0.2) is 5.03 Å². The molecule has 4 rings (SSSR count). The van der Waals surface area contributed by atoms with E-state index in [1.54, 1.807) is 22.4 Å². The van der Waals surface area contributed by atoms with Crippen molar-refractivity contribution in [2.45, 2.75) is 61.6 Å². The molecule has 2 heterocycles. The summed E-state index contributed by atoms with van der Waals surface area (Å²) in [6.45, 7) is 0. The predicted octanol–water partition coefficient (Wildman–Crippen LogP) is 1.32. The van der Waals surface area contributed by atoms with Gasteiger partial charge in [0.1, 0.15) is 0 Å². The molecule has 9 heteroatoms. The van der Waals surface area contributed by atoms with Gasteiger partial charge in [0.05, 0.1) is 18.1 Å². The third kappa shape index (κ3) is 3.59. The van der Waals surface area contributed by atoms with E-state index in [9.17, 15) is 13.2 Å². The minimum Gasteiger partial charge on any atom is -0.339 e. The van der Waals surface area contributed by atoms with Gasteiger partial charge in [-0.1, -0.05) is 0 Å². The van der Waals surface area contributed by atoms with E-state index < -0.39 is 10.0 Å². The van der Waals surface area contributed by atoms with Crippen LogP contribution in [0.25, 0.3) is 0 Å². The summed E-state index contributed by atoms with van der Waals surface area (Å²) >= 11 is 0. The molecular weight excluding hydrogens is 354 g/mol. The smallest absolute Gasteiger partial charge is 0.267 e. The molecule has 2 saturated carbocycles. The van der Waals surface area contributed by atoms with Gasteiger partial charge in [0, 0.05) is 31.3 Å². The number of nitrogens with one attached hydrogen (secondary N) is 1. The third-order valence-electron chi connectivity index (χ3n) is 5.16. The molecule has 2 aromatic rings. The van der Waals surface area contributed by atoms with E-state index in [2.05, 4.69) is 14.8 Å². The van der Waals surface area contributed by atoms with Crippen LogP contribution in [0.1, 0.15) is 56.2 Å². The monoisotopic (exact) mass is 377 g/mol. The highest BCUT2D eigenvalue weighted by molar-refractivity contribution is 7.89. The minimum atomic E-state index is -3.61. The lowest BCUT2D eigenvalue weighted by molar-refractivity contribution is 0.284. The van der Waals surface area contributed by atoms with E-state index in [4.69, 9.17) is 0 Å². The summed E-state index contributed by atoms with van der Waals surface area (Å²) in [6.07, 6.45) is 8.07. The molecular formula is C17H23N5O3S. The molecule has 8 nitrogen and oxygen atoms in total. The van der Waals surface area contributed by atoms with E-state index in [1.807, 2.05) is 6.07 Å². The van der Waals surface area contributed by atoms with Crippen LogP contribution >= 0.6 is 0 Å². The molecule has 0 aromatic carbocycles. The summed E-state index contributed by atoms with van der Waals surface area (Å²) in [4.78, 5) is 16.1. The number of aryl methyl sites for hydroxylation is 1. The second kappa shape index (κ2) is 6.62. The first-order valence-corrected chi connectivity index (χ1v) is 10.5. The summed E-state index contributed by atoms with van der Waals surface area (Å²) < 4.78 is 30.7. The van der Waals surface area contributed by atoms with Crippen LogP contribution in [0.3, 0.4) is 0 Å². The van der Waals surface area contributed by atoms with Crippen molar-refractivity contribution in [3.05, 3.63) is 40.7 Å². The van der Waals surface area contributed by atoms with Crippen LogP contribution in [0.2, 0.25) is 0 Å². The van der Waals surface area contributed by atoms with Gasteiger partial charge in [-0.2, -0.15) is 5.10 Å². The van der Waals surface area contributed by atoms with Crippen LogP contribution in [-0.2, 0) is 17.1 Å². The molecule has 2 fully saturated rings. The summed E-state index contributed by atoms with van der Waals surface area (Å²) in [6, 6.07) is 3.34. The highest BCUT2D eigenvalue weighted by Gasteiger charge is 2.30. The van der Waals surface area contributed by atoms with Crippen molar-refractivity contribution in [2.24, 2.45) is 7.05 Å². The van der Waals surface area contributed by atoms with Crippen molar-refractivity contribution >= 4 is 10.0 Å². The van der Waals surface area contributed by atoms with Crippen molar-refractivity contribution in [3.63, 3.8) is 0 Å². The number of sulfonamides is 1. The number of imidazole rings is 1. The Morgan fingerprint density at radius 2 is 1.85 bits per heavy atom. The van der Waals surface area contributed by atoms with E-state index >= 15 is 0 Å². The second-order valence-corrected chi connectivity index (χ2v) is 8.98. The fraction of sp³-hybridized carbons (Fsp3) is 0.588. The molecule has 1 N–H and O–H groups in total. The molecule has 2 aliphatic carbocycles. The van der Waals surface area contributed by atoms with Gasteiger partial charge in [0.25, 0.3) is 15.6 Å². The Labute approximate surface area is 152 Å². The molecule has 0 bridgehead atoms. The molecule has 26 heavy (non-hydrogen) atoms. The molecule has 140 valence electrons. The number of rotatable bonds is 5. The van der Waals surface area contributed by atoms with Gasteiger partial charge in [-0.05, 0) is 44.6 Å². The highest BCUT2D eigenvalue weighted by Crippen LogP contribution is 2.38. The Hall–Kier alpha value is -2.00. The van der Waals surface area contributed by atoms with Gasteiger partial charge in [-0.15, -0.1) is 0 Å². The maximum Gasteiger partial charge on any atom is 0.267 e. The van der Waals surface area contributed by atoms with Crippen LogP contribution in [0, 0.1) is 0 Å². The topological polar surface area (TPSA) is 98.9 Å². The Kier molecular flexibility index (Phi) is 4.44. The summed E-state index contributed by atoms with van der Waals surface area (Å²) in [7, 11) is -1.87. The molecule has 0 unspecified atom stereocenters. The SMILES string of the molecule is Cn1cnc(S(=O)(=O)NC2CCC(n3nc(C4CC4)ccc3=O)CC2)c1. The van der Waals surface area contributed by atoms with Crippen LogP contribution < -0.4 is 10.3 Å². The van der Waals surface area contributed by atoms with Crippen LogP contribution in [0.4, 0.5) is 0 Å². The lowest BCUT2D eigenvalue weighted by Crippen LogP contribution is -2.39. The Bertz CT molecular complexity index is 953. The van der Waals surface area contributed by atoms with Crippen molar-refractivity contribution in [2.75, 3.05) is 0 Å². The third-order valence-corrected chi connectivity index (χ3v) is 6.57. The minimum absolute atomic E-state index is 0.0387. The first-order chi connectivity index (χ1) is 12.4. The average molecular weight is 377 g/mol. The normalized spacial score (nSPS) is 23.9. The number of nitrogens with zero attached hydrogens (tertiary/aromatic N) is 4. The molecule has 0 amide bonds. The molecule has 0 aliphatic heterocycles. The lowest BCUT2D eigenvalue weighted by Gasteiger charge is -2.29. The lowest BCUT2D eigenvalue weighted by atomic mass is 9.92. The Morgan fingerprint density at radius 1 is 1.12 bits per heavy atom. The number of aromatic nitrogens is 4. The molecule has 2 aromatic heterocycles. The fourth-order valence-corrected chi connectivity index (χ4v) is 4.83. The summed E-state index contributed by atoms with van der Waals surface area (Å²) in [5, 5.41) is 4.60. The molecule has 2 aliphatic rings. The van der Waals surface area contributed by atoms with E-state index in [0.717, 1.165) is 31.4 Å². The van der Waals surface area contributed by atoms with Crippen molar-refractivity contribution in [1.82, 2.24) is 24.1 Å². The van der Waals surface area contributed by atoms with Crippen LogP contribution in [-0.4, -0.2) is 33.8 Å². The molecule has 0 atom stereocenters. The van der Waals surface area contributed by atoms with Gasteiger partial charge >= 0.3 is 0 Å². The zero-order valence-corrected chi connectivity index (χ0v) is 15.5. The van der Waals surface area contributed by atoms with Crippen molar-refractivity contribution in [3.8, 4) is 0 Å².